The molecular weight excluding hydrogens is 490 g/mol. The van der Waals surface area contributed by atoms with E-state index in [1.54, 1.807) is 11.0 Å². The van der Waals surface area contributed by atoms with E-state index in [1.807, 2.05) is 49.6 Å². The van der Waals surface area contributed by atoms with Crippen LogP contribution in [-0.2, 0) is 16.6 Å². The summed E-state index contributed by atoms with van der Waals surface area (Å²) in [5, 5.41) is 4.74. The molecule has 3 aromatic heterocycles. The van der Waals surface area contributed by atoms with Gasteiger partial charge in [0.1, 0.15) is 23.2 Å². The van der Waals surface area contributed by atoms with Crippen LogP contribution >= 0.6 is 0 Å². The molecule has 2 bridgehead atoms. The Hall–Kier alpha value is -4.13. The van der Waals surface area contributed by atoms with Gasteiger partial charge in [0.15, 0.2) is 0 Å². The zero-order chi connectivity index (χ0) is 26.6. The molecule has 0 spiro atoms. The van der Waals surface area contributed by atoms with E-state index >= 15 is 0 Å². The monoisotopic (exact) mass is 519 g/mol. The summed E-state index contributed by atoms with van der Waals surface area (Å²) >= 11 is 0. The second-order valence-electron chi connectivity index (χ2n) is 10.8. The van der Waals surface area contributed by atoms with Crippen LogP contribution in [0.5, 0.6) is 0 Å². The van der Waals surface area contributed by atoms with Crippen molar-refractivity contribution in [3.8, 4) is 34.4 Å². The highest BCUT2D eigenvalue weighted by Crippen LogP contribution is 2.73. The minimum absolute atomic E-state index is 0.0253. The van der Waals surface area contributed by atoms with Crippen LogP contribution in [0.2, 0.25) is 0 Å². The average Bonchev–Trinajstić information content (AvgIpc) is 3.29. The van der Waals surface area contributed by atoms with E-state index in [1.165, 1.54) is 0 Å². The maximum Gasteiger partial charge on any atom is 0.224 e. The van der Waals surface area contributed by atoms with Gasteiger partial charge in [-0.15, -0.1) is 0 Å². The molecule has 0 radical (unpaired) electrons. The number of hydrogen-bond donors (Lipinski definition) is 1. The number of fused-ring (bicyclic) bond motifs is 1. The van der Waals surface area contributed by atoms with Gasteiger partial charge in [-0.2, -0.15) is 5.10 Å². The number of ether oxygens (including phenoxy) is 1. The number of carbonyl (C=O) groups excluding carboxylic acids is 1. The predicted octanol–water partition coefficient (Wildman–Crippen LogP) is 2.75. The number of nitrogens with zero attached hydrogens (tertiary/aromatic N) is 6. The Morgan fingerprint density at radius 3 is 2.67 bits per heavy atom. The number of aromatic nitrogens is 5. The van der Waals surface area contributed by atoms with Crippen LogP contribution in [0.4, 0.5) is 0 Å². The van der Waals surface area contributed by atoms with Crippen LogP contribution in [0, 0.1) is 23.2 Å². The molecule has 9 heteroatoms. The third-order valence-electron chi connectivity index (χ3n) is 8.51. The molecule has 1 atom stereocenters. The summed E-state index contributed by atoms with van der Waals surface area (Å²) in [6.45, 7) is 3.86. The van der Waals surface area contributed by atoms with Crippen molar-refractivity contribution in [3.05, 3.63) is 60.2 Å². The maximum absolute atomic E-state index is 12.5. The van der Waals surface area contributed by atoms with Crippen molar-refractivity contribution in [1.82, 2.24) is 29.6 Å². The number of nitrogens with two attached hydrogens (primary N) is 1. The molecule has 3 aliphatic carbocycles. The van der Waals surface area contributed by atoms with Gasteiger partial charge in [0.05, 0.1) is 36.4 Å². The summed E-state index contributed by atoms with van der Waals surface area (Å²) in [5.41, 5.74) is 11.8. The first-order chi connectivity index (χ1) is 19.0. The molecule has 4 fully saturated rings. The summed E-state index contributed by atoms with van der Waals surface area (Å²) in [4.78, 5) is 29.2. The SMILES string of the molecule is Cn1cc(-c2ncnc3cc(C#CCN4CCOCC4)c(C4C5CC4(C(N)=O)C5)nc23)c(-c2ccccc2)n1. The van der Waals surface area contributed by atoms with E-state index in [2.05, 4.69) is 26.7 Å². The van der Waals surface area contributed by atoms with Crippen molar-refractivity contribution < 1.29 is 9.53 Å². The molecule has 1 aliphatic heterocycles. The van der Waals surface area contributed by atoms with E-state index in [0.717, 1.165) is 67.2 Å². The standard InChI is InChI=1S/C30H29N7O2/c1-36-17-22(25(35-36)19-6-3-2-4-7-19)27-28-23(32-18-33-27)14-20(8-5-9-37-10-12-39-13-11-37)26(34-28)24-21-15-30(24,16-21)29(31)38/h2-4,6-7,14,17-18,21,24H,9-13,15-16H2,1H3,(H2,31,38). The van der Waals surface area contributed by atoms with E-state index in [9.17, 15) is 4.79 Å². The number of benzene rings is 1. The van der Waals surface area contributed by atoms with Gasteiger partial charge in [0.2, 0.25) is 5.91 Å². The van der Waals surface area contributed by atoms with Crippen LogP contribution < -0.4 is 5.73 Å². The Morgan fingerprint density at radius 1 is 1.15 bits per heavy atom. The molecule has 1 unspecified atom stereocenters. The molecule has 4 aliphatic rings. The Labute approximate surface area is 226 Å². The minimum Gasteiger partial charge on any atom is -0.379 e. The van der Waals surface area contributed by atoms with E-state index in [4.69, 9.17) is 20.6 Å². The second kappa shape index (κ2) is 9.26. The number of amides is 1. The molecule has 1 aromatic carbocycles. The Kier molecular flexibility index (Phi) is 5.69. The van der Waals surface area contributed by atoms with Crippen molar-refractivity contribution in [2.24, 2.45) is 24.1 Å². The number of pyridine rings is 1. The molecule has 3 saturated carbocycles. The topological polar surface area (TPSA) is 112 Å². The van der Waals surface area contributed by atoms with Crippen LogP contribution in [0.3, 0.4) is 0 Å². The van der Waals surface area contributed by atoms with E-state index < -0.39 is 5.41 Å². The summed E-state index contributed by atoms with van der Waals surface area (Å²) in [7, 11) is 1.90. The quantitative estimate of drug-likeness (QED) is 0.404. The van der Waals surface area contributed by atoms with Crippen molar-refractivity contribution in [3.63, 3.8) is 0 Å². The highest BCUT2D eigenvalue weighted by Gasteiger charge is 2.70. The smallest absolute Gasteiger partial charge is 0.224 e. The largest absolute Gasteiger partial charge is 0.379 e. The van der Waals surface area contributed by atoms with Crippen molar-refractivity contribution in [2.75, 3.05) is 32.8 Å². The number of primary amides is 1. The Morgan fingerprint density at radius 2 is 1.95 bits per heavy atom. The molecule has 4 heterocycles. The lowest BCUT2D eigenvalue weighted by Crippen LogP contribution is -2.65. The molecule has 9 nitrogen and oxygen atoms in total. The molecule has 196 valence electrons. The third-order valence-corrected chi connectivity index (χ3v) is 8.51. The summed E-state index contributed by atoms with van der Waals surface area (Å²) < 4.78 is 7.25. The van der Waals surface area contributed by atoms with Gasteiger partial charge in [0.25, 0.3) is 0 Å². The van der Waals surface area contributed by atoms with Gasteiger partial charge in [-0.05, 0) is 24.8 Å². The molecular formula is C30H29N7O2. The Bertz CT molecular complexity index is 1640. The van der Waals surface area contributed by atoms with Gasteiger partial charge in [-0.3, -0.25) is 14.4 Å². The van der Waals surface area contributed by atoms with Crippen LogP contribution in [0.25, 0.3) is 33.5 Å². The van der Waals surface area contributed by atoms with Gasteiger partial charge < -0.3 is 10.5 Å². The molecule has 4 aromatic rings. The fourth-order valence-electron chi connectivity index (χ4n) is 6.35. The van der Waals surface area contributed by atoms with E-state index in [-0.39, 0.29) is 11.8 Å². The van der Waals surface area contributed by atoms with Gasteiger partial charge in [-0.25, -0.2) is 15.0 Å². The average molecular weight is 520 g/mol. The van der Waals surface area contributed by atoms with Gasteiger partial charge in [-0.1, -0.05) is 42.2 Å². The third kappa shape index (κ3) is 3.90. The lowest BCUT2D eigenvalue weighted by atomic mass is 9.36. The van der Waals surface area contributed by atoms with Gasteiger partial charge in [0, 0.05) is 48.9 Å². The van der Waals surface area contributed by atoms with Crippen molar-refractivity contribution in [1.29, 1.82) is 0 Å². The number of rotatable bonds is 5. The zero-order valence-corrected chi connectivity index (χ0v) is 21.8. The summed E-state index contributed by atoms with van der Waals surface area (Å²) in [5.74, 6) is 6.84. The van der Waals surface area contributed by atoms with Crippen LogP contribution in [0.15, 0.2) is 48.9 Å². The fourth-order valence-corrected chi connectivity index (χ4v) is 6.35. The number of hydrogen-bond acceptors (Lipinski definition) is 7. The first-order valence-electron chi connectivity index (χ1n) is 13.4. The molecule has 1 amide bonds. The first-order valence-corrected chi connectivity index (χ1v) is 13.4. The molecule has 2 N–H and O–H groups in total. The number of carbonyl (C=O) groups is 1. The normalized spacial score (nSPS) is 23.9. The number of aryl methyl sites for hydroxylation is 1. The molecule has 8 rings (SSSR count). The van der Waals surface area contributed by atoms with Crippen LogP contribution in [-0.4, -0.2) is 68.4 Å². The van der Waals surface area contributed by atoms with Gasteiger partial charge >= 0.3 is 0 Å². The predicted molar refractivity (Wildman–Crippen MR) is 146 cm³/mol. The highest BCUT2D eigenvalue weighted by molar-refractivity contribution is 5.94. The van der Waals surface area contributed by atoms with Crippen molar-refractivity contribution in [2.45, 2.75) is 18.8 Å². The minimum atomic E-state index is -0.523. The fraction of sp³-hybridized carbons (Fsp3) is 0.367. The maximum atomic E-state index is 12.5. The molecule has 1 saturated heterocycles. The first kappa shape index (κ1) is 23.9. The Balaban J connectivity index is 1.36. The summed E-state index contributed by atoms with van der Waals surface area (Å²) in [6.07, 6.45) is 5.18. The lowest BCUT2D eigenvalue weighted by Gasteiger charge is -2.66. The summed E-state index contributed by atoms with van der Waals surface area (Å²) in [6, 6.07) is 12.1. The molecule has 39 heavy (non-hydrogen) atoms. The van der Waals surface area contributed by atoms with Crippen molar-refractivity contribution >= 4 is 16.9 Å². The second-order valence-corrected chi connectivity index (χ2v) is 10.8. The zero-order valence-electron chi connectivity index (χ0n) is 21.8. The van der Waals surface area contributed by atoms with Crippen LogP contribution in [0.1, 0.15) is 30.0 Å². The lowest BCUT2D eigenvalue weighted by molar-refractivity contribution is -0.173. The van der Waals surface area contributed by atoms with E-state index in [0.29, 0.717) is 29.2 Å². The number of morpholine rings is 1. The highest BCUT2D eigenvalue weighted by atomic mass is 16.5.